The number of nitrogens with zero attached hydrogens (tertiary/aromatic N) is 4. The zero-order valence-electron chi connectivity index (χ0n) is 11.5. The molecule has 0 amide bonds. The number of aryl methyl sites for hydroxylation is 1. The van der Waals surface area contributed by atoms with Gasteiger partial charge in [-0.05, 0) is 25.8 Å². The van der Waals surface area contributed by atoms with E-state index >= 15 is 0 Å². The molecule has 0 unspecified atom stereocenters. The van der Waals surface area contributed by atoms with E-state index in [-0.39, 0.29) is 0 Å². The van der Waals surface area contributed by atoms with Gasteiger partial charge in [-0.25, -0.2) is 14.6 Å². The molecule has 0 aliphatic rings. The summed E-state index contributed by atoms with van der Waals surface area (Å²) in [5, 5.41) is 7.64. The third-order valence-electron chi connectivity index (χ3n) is 2.89. The van der Waals surface area contributed by atoms with E-state index < -0.39 is 0 Å². The highest BCUT2D eigenvalue weighted by atomic mass is 15.3. The number of aromatic nitrogens is 4. The molecule has 96 valence electrons. The second-order valence-electron chi connectivity index (χ2n) is 4.66. The Kier molecular flexibility index (Phi) is 3.32. The molecule has 2 rings (SSSR count). The van der Waals surface area contributed by atoms with Crippen molar-refractivity contribution in [2.45, 2.75) is 33.6 Å². The van der Waals surface area contributed by atoms with Crippen molar-refractivity contribution in [3.63, 3.8) is 0 Å². The van der Waals surface area contributed by atoms with Gasteiger partial charge < -0.3 is 5.32 Å². The van der Waals surface area contributed by atoms with Gasteiger partial charge in [0.15, 0.2) is 5.82 Å². The van der Waals surface area contributed by atoms with Crippen LogP contribution in [0.15, 0.2) is 12.3 Å². The van der Waals surface area contributed by atoms with Crippen LogP contribution in [0.1, 0.15) is 36.8 Å². The lowest BCUT2D eigenvalue weighted by atomic mass is 10.1. The molecule has 2 aromatic heterocycles. The molecule has 0 bridgehead atoms. The van der Waals surface area contributed by atoms with Gasteiger partial charge >= 0.3 is 0 Å². The summed E-state index contributed by atoms with van der Waals surface area (Å²) in [7, 11) is 1.86. The van der Waals surface area contributed by atoms with Crippen molar-refractivity contribution in [3.8, 4) is 5.82 Å². The van der Waals surface area contributed by atoms with E-state index in [0.29, 0.717) is 5.92 Å². The van der Waals surface area contributed by atoms with E-state index in [4.69, 9.17) is 0 Å². The van der Waals surface area contributed by atoms with Crippen LogP contribution in [0.5, 0.6) is 0 Å². The Hall–Kier alpha value is -1.91. The number of rotatable bonds is 3. The van der Waals surface area contributed by atoms with Crippen molar-refractivity contribution >= 4 is 5.82 Å². The Balaban J connectivity index is 2.52. The van der Waals surface area contributed by atoms with E-state index in [1.807, 2.05) is 37.8 Å². The van der Waals surface area contributed by atoms with E-state index in [2.05, 4.69) is 34.2 Å². The second-order valence-corrected chi connectivity index (χ2v) is 4.66. The molecule has 0 spiro atoms. The topological polar surface area (TPSA) is 55.6 Å². The molecule has 0 aliphatic heterocycles. The van der Waals surface area contributed by atoms with Crippen molar-refractivity contribution in [3.05, 3.63) is 29.3 Å². The zero-order chi connectivity index (χ0) is 13.3. The van der Waals surface area contributed by atoms with Gasteiger partial charge in [0, 0.05) is 18.8 Å². The number of nitrogens with one attached hydrogen (secondary N) is 1. The molecule has 0 atom stereocenters. The highest BCUT2D eigenvalue weighted by Crippen LogP contribution is 2.19. The number of hydrogen-bond donors (Lipinski definition) is 1. The standard InChI is InChI=1S/C13H19N5/c1-8(2)11-6-7-18(17-11)13-9(3)12(14-5)15-10(4)16-13/h6-8H,1-5H3,(H,14,15,16). The second kappa shape index (κ2) is 4.76. The molecule has 0 aliphatic carbocycles. The molecular formula is C13H19N5. The fourth-order valence-electron chi connectivity index (χ4n) is 1.84. The predicted octanol–water partition coefficient (Wildman–Crippen LogP) is 2.44. The molecule has 0 saturated heterocycles. The molecule has 0 fully saturated rings. The molecule has 5 nitrogen and oxygen atoms in total. The van der Waals surface area contributed by atoms with Crippen molar-refractivity contribution in [2.24, 2.45) is 0 Å². The summed E-state index contributed by atoms with van der Waals surface area (Å²) >= 11 is 0. The van der Waals surface area contributed by atoms with Gasteiger partial charge in [0.2, 0.25) is 0 Å². The Morgan fingerprint density at radius 2 is 1.94 bits per heavy atom. The monoisotopic (exact) mass is 245 g/mol. The average molecular weight is 245 g/mol. The van der Waals surface area contributed by atoms with Crippen molar-refractivity contribution < 1.29 is 0 Å². The van der Waals surface area contributed by atoms with Crippen LogP contribution in [0.25, 0.3) is 5.82 Å². The maximum absolute atomic E-state index is 4.56. The fourth-order valence-corrected chi connectivity index (χ4v) is 1.84. The lowest BCUT2D eigenvalue weighted by molar-refractivity contribution is 0.749. The summed E-state index contributed by atoms with van der Waals surface area (Å²) in [6.07, 6.45) is 1.95. The summed E-state index contributed by atoms with van der Waals surface area (Å²) in [5.74, 6) is 2.83. The van der Waals surface area contributed by atoms with Crippen molar-refractivity contribution in [1.29, 1.82) is 0 Å². The Labute approximate surface area is 107 Å². The maximum Gasteiger partial charge on any atom is 0.162 e. The molecule has 0 saturated carbocycles. The highest BCUT2D eigenvalue weighted by Gasteiger charge is 2.12. The first-order valence-electron chi connectivity index (χ1n) is 6.12. The number of anilines is 1. The largest absolute Gasteiger partial charge is 0.373 e. The first-order valence-corrected chi connectivity index (χ1v) is 6.12. The van der Waals surface area contributed by atoms with E-state index in [1.54, 1.807) is 0 Å². The van der Waals surface area contributed by atoms with Crippen LogP contribution in [-0.4, -0.2) is 26.8 Å². The normalized spacial score (nSPS) is 11.0. The van der Waals surface area contributed by atoms with Crippen LogP contribution in [0.4, 0.5) is 5.82 Å². The van der Waals surface area contributed by atoms with Crippen molar-refractivity contribution in [1.82, 2.24) is 19.7 Å². The van der Waals surface area contributed by atoms with Gasteiger partial charge in [-0.1, -0.05) is 13.8 Å². The average Bonchev–Trinajstić information content (AvgIpc) is 2.81. The van der Waals surface area contributed by atoms with E-state index in [0.717, 1.165) is 28.7 Å². The quantitative estimate of drug-likeness (QED) is 0.902. The zero-order valence-corrected chi connectivity index (χ0v) is 11.5. The lowest BCUT2D eigenvalue weighted by Gasteiger charge is -2.10. The molecule has 2 aromatic rings. The summed E-state index contributed by atoms with van der Waals surface area (Å²) < 4.78 is 1.82. The van der Waals surface area contributed by atoms with Gasteiger partial charge in [0.25, 0.3) is 0 Å². The van der Waals surface area contributed by atoms with Gasteiger partial charge in [0.1, 0.15) is 11.6 Å². The molecule has 2 heterocycles. The molecule has 0 aromatic carbocycles. The Morgan fingerprint density at radius 3 is 2.50 bits per heavy atom. The van der Waals surface area contributed by atoms with Gasteiger partial charge in [-0.2, -0.15) is 5.10 Å². The smallest absolute Gasteiger partial charge is 0.162 e. The van der Waals surface area contributed by atoms with Crippen LogP contribution in [-0.2, 0) is 0 Å². The summed E-state index contributed by atoms with van der Waals surface area (Å²) in [6.45, 7) is 8.14. The molecule has 5 heteroatoms. The highest BCUT2D eigenvalue weighted by molar-refractivity contribution is 5.50. The predicted molar refractivity (Wildman–Crippen MR) is 72.3 cm³/mol. The van der Waals surface area contributed by atoms with Crippen LogP contribution in [0, 0.1) is 13.8 Å². The first-order chi connectivity index (χ1) is 8.52. The minimum Gasteiger partial charge on any atom is -0.373 e. The van der Waals surface area contributed by atoms with Crippen LogP contribution in [0.3, 0.4) is 0 Å². The Bertz CT molecular complexity index is 557. The van der Waals surface area contributed by atoms with Gasteiger partial charge in [-0.3, -0.25) is 0 Å². The lowest BCUT2D eigenvalue weighted by Crippen LogP contribution is -2.08. The summed E-state index contributed by atoms with van der Waals surface area (Å²) in [4.78, 5) is 8.83. The van der Waals surface area contributed by atoms with Crippen molar-refractivity contribution in [2.75, 3.05) is 12.4 Å². The molecular weight excluding hydrogens is 226 g/mol. The van der Waals surface area contributed by atoms with E-state index in [1.165, 1.54) is 0 Å². The third kappa shape index (κ3) is 2.20. The molecule has 0 radical (unpaired) electrons. The molecule has 1 N–H and O–H groups in total. The minimum atomic E-state index is 0.415. The fraction of sp³-hybridized carbons (Fsp3) is 0.462. The van der Waals surface area contributed by atoms with Gasteiger partial charge in [0.05, 0.1) is 5.69 Å². The Morgan fingerprint density at radius 1 is 1.22 bits per heavy atom. The summed E-state index contributed by atoms with van der Waals surface area (Å²) in [6, 6.07) is 2.03. The number of hydrogen-bond acceptors (Lipinski definition) is 4. The third-order valence-corrected chi connectivity index (χ3v) is 2.89. The molecule has 18 heavy (non-hydrogen) atoms. The van der Waals surface area contributed by atoms with Crippen LogP contribution >= 0.6 is 0 Å². The van der Waals surface area contributed by atoms with Crippen LogP contribution < -0.4 is 5.32 Å². The van der Waals surface area contributed by atoms with E-state index in [9.17, 15) is 0 Å². The first kappa shape index (κ1) is 12.5. The summed E-state index contributed by atoms with van der Waals surface area (Å²) in [5.41, 5.74) is 2.07. The van der Waals surface area contributed by atoms with Gasteiger partial charge in [-0.15, -0.1) is 0 Å². The SMILES string of the molecule is CNc1nc(C)nc(-n2ccc(C(C)C)n2)c1C. The van der Waals surface area contributed by atoms with Crippen LogP contribution in [0.2, 0.25) is 0 Å². The minimum absolute atomic E-state index is 0.415. The maximum atomic E-state index is 4.56.